The van der Waals surface area contributed by atoms with Gasteiger partial charge in [-0.2, -0.15) is 0 Å². The highest BCUT2D eigenvalue weighted by atomic mass is 35.6. The topological polar surface area (TPSA) is 0 Å². The van der Waals surface area contributed by atoms with Crippen molar-refractivity contribution in [3.05, 3.63) is 12.7 Å². The molecule has 0 fully saturated rings. The van der Waals surface area contributed by atoms with E-state index in [1.54, 1.807) is 6.08 Å². The molecular weight excluding hydrogens is 263 g/mol. The van der Waals surface area contributed by atoms with Crippen LogP contribution in [0.2, 0.25) is 0 Å². The van der Waals surface area contributed by atoms with E-state index < -0.39 is 3.12 Å². The van der Waals surface area contributed by atoms with Crippen LogP contribution in [-0.4, -0.2) is 12.4 Å². The summed E-state index contributed by atoms with van der Waals surface area (Å²) in [4.78, 5) is 0. The quantitative estimate of drug-likeness (QED) is 0.417. The predicted molar refractivity (Wildman–Crippen MR) is 63.1 cm³/mol. The van der Waals surface area contributed by atoms with Crippen molar-refractivity contribution in [2.24, 2.45) is 0 Å². The van der Waals surface area contributed by atoms with Crippen molar-refractivity contribution in [2.45, 2.75) is 3.12 Å². The number of hydrogen-bond acceptors (Lipinski definition) is 3. The predicted octanol–water partition coefficient (Wildman–Crippen LogP) is 4.25. The van der Waals surface area contributed by atoms with Crippen molar-refractivity contribution in [1.82, 2.24) is 0 Å². The standard InChI is InChI=1S/C5H5Cl3S3/c1-2-3-10-4(9)11-5(6,7)8/h2H,1,3H2. The zero-order valence-corrected chi connectivity index (χ0v) is 10.1. The Bertz CT molecular complexity index is 152. The highest BCUT2D eigenvalue weighted by Gasteiger charge is 2.22. The number of hydrogen-bond donors (Lipinski definition) is 0. The Balaban J connectivity index is 3.61. The van der Waals surface area contributed by atoms with E-state index >= 15 is 0 Å². The second-order valence-corrected chi connectivity index (χ2v) is 7.79. The Labute approximate surface area is 95.0 Å². The molecule has 0 aliphatic heterocycles. The van der Waals surface area contributed by atoms with Crippen LogP contribution in [0.1, 0.15) is 0 Å². The minimum Gasteiger partial charge on any atom is -0.103 e. The van der Waals surface area contributed by atoms with E-state index in [0.29, 0.717) is 3.53 Å². The first-order valence-corrected chi connectivity index (χ1v) is 5.83. The molecule has 0 aromatic carbocycles. The molecule has 0 aliphatic carbocycles. The van der Waals surface area contributed by atoms with Gasteiger partial charge in [0.2, 0.25) is 3.12 Å². The normalized spacial score (nSPS) is 11.2. The lowest BCUT2D eigenvalue weighted by molar-refractivity contribution is 1.80. The summed E-state index contributed by atoms with van der Waals surface area (Å²) < 4.78 is -0.726. The van der Waals surface area contributed by atoms with Crippen LogP contribution >= 0.6 is 70.5 Å². The first-order valence-electron chi connectivity index (χ1n) is 2.49. The fourth-order valence-electron chi connectivity index (χ4n) is 0.251. The van der Waals surface area contributed by atoms with E-state index in [4.69, 9.17) is 47.0 Å². The van der Waals surface area contributed by atoms with E-state index in [1.807, 2.05) is 0 Å². The van der Waals surface area contributed by atoms with E-state index in [-0.39, 0.29) is 0 Å². The maximum absolute atomic E-state index is 5.47. The molecule has 6 heteroatoms. The van der Waals surface area contributed by atoms with Gasteiger partial charge in [-0.25, -0.2) is 0 Å². The monoisotopic (exact) mass is 266 g/mol. The zero-order chi connectivity index (χ0) is 8.91. The number of halogens is 3. The van der Waals surface area contributed by atoms with Crippen molar-refractivity contribution in [3.63, 3.8) is 0 Å². The third-order valence-corrected chi connectivity index (χ3v) is 3.46. The summed E-state index contributed by atoms with van der Waals surface area (Å²) in [6.45, 7) is 3.54. The van der Waals surface area contributed by atoms with Crippen LogP contribution in [0.5, 0.6) is 0 Å². The molecule has 0 aromatic heterocycles. The average molecular weight is 268 g/mol. The summed E-state index contributed by atoms with van der Waals surface area (Å²) in [7, 11) is 0. The summed E-state index contributed by atoms with van der Waals surface area (Å²) in [6.07, 6.45) is 1.75. The first kappa shape index (κ1) is 12.4. The molecule has 0 saturated carbocycles. The third-order valence-electron chi connectivity index (χ3n) is 0.518. The molecule has 0 unspecified atom stereocenters. The number of thiocarbonyl (C=S) groups is 1. The fourth-order valence-corrected chi connectivity index (χ4v) is 3.61. The second kappa shape index (κ2) is 5.95. The minimum atomic E-state index is -1.34. The van der Waals surface area contributed by atoms with E-state index in [0.717, 1.165) is 17.5 Å². The van der Waals surface area contributed by atoms with Gasteiger partial charge in [0.1, 0.15) is 3.53 Å². The molecule has 0 radical (unpaired) electrons. The van der Waals surface area contributed by atoms with Gasteiger partial charge < -0.3 is 0 Å². The molecule has 64 valence electrons. The third kappa shape index (κ3) is 9.31. The van der Waals surface area contributed by atoms with Gasteiger partial charge in [-0.1, -0.05) is 64.9 Å². The lowest BCUT2D eigenvalue weighted by atomic mass is 10.8. The molecule has 0 amide bonds. The van der Waals surface area contributed by atoms with Gasteiger partial charge in [-0.3, -0.25) is 0 Å². The maximum Gasteiger partial charge on any atom is 0.243 e. The average Bonchev–Trinajstić information content (AvgIpc) is 1.79. The summed E-state index contributed by atoms with van der Waals surface area (Å²) in [5.74, 6) is 0.743. The fraction of sp³-hybridized carbons (Fsp3) is 0.400. The number of alkyl halides is 3. The van der Waals surface area contributed by atoms with E-state index in [9.17, 15) is 0 Å². The van der Waals surface area contributed by atoms with Gasteiger partial charge in [0.15, 0.2) is 0 Å². The zero-order valence-electron chi connectivity index (χ0n) is 5.35. The Morgan fingerprint density at radius 1 is 1.55 bits per heavy atom. The van der Waals surface area contributed by atoms with Gasteiger partial charge in [0.25, 0.3) is 0 Å². The highest BCUT2D eigenvalue weighted by molar-refractivity contribution is 8.48. The van der Waals surface area contributed by atoms with Gasteiger partial charge >= 0.3 is 0 Å². The summed E-state index contributed by atoms with van der Waals surface area (Å²) in [5.41, 5.74) is 0. The first-order chi connectivity index (χ1) is 4.95. The molecule has 0 nitrogen and oxygen atoms in total. The Kier molecular flexibility index (Phi) is 6.70. The number of thioether (sulfide) groups is 2. The van der Waals surface area contributed by atoms with Crippen molar-refractivity contribution >= 4 is 74.1 Å². The number of rotatable bonds is 2. The molecule has 0 rings (SSSR count). The van der Waals surface area contributed by atoms with E-state index in [2.05, 4.69) is 6.58 Å². The molecule has 11 heavy (non-hydrogen) atoms. The molecule has 0 aliphatic rings. The Hall–Kier alpha value is 1.40. The minimum absolute atomic E-state index is 0.616. The molecule has 0 heterocycles. The summed E-state index contributed by atoms with van der Waals surface area (Å²) >= 11 is 23.8. The van der Waals surface area contributed by atoms with Gasteiger partial charge in [-0.15, -0.1) is 18.3 Å². The van der Waals surface area contributed by atoms with Crippen LogP contribution in [-0.2, 0) is 0 Å². The van der Waals surface area contributed by atoms with Gasteiger partial charge in [0, 0.05) is 5.75 Å². The van der Waals surface area contributed by atoms with E-state index in [1.165, 1.54) is 11.8 Å². The molecule has 0 bridgehead atoms. The Morgan fingerprint density at radius 3 is 2.45 bits per heavy atom. The van der Waals surface area contributed by atoms with Gasteiger partial charge in [-0.05, 0) is 0 Å². The van der Waals surface area contributed by atoms with Crippen molar-refractivity contribution in [1.29, 1.82) is 0 Å². The lowest BCUT2D eigenvalue weighted by Gasteiger charge is -2.08. The SMILES string of the molecule is C=CCSC(=S)SC(Cl)(Cl)Cl. The highest BCUT2D eigenvalue weighted by Crippen LogP contribution is 2.41. The van der Waals surface area contributed by atoms with Crippen molar-refractivity contribution < 1.29 is 0 Å². The maximum atomic E-state index is 5.47. The summed E-state index contributed by atoms with van der Waals surface area (Å²) in [6, 6.07) is 0. The molecule has 0 aromatic rings. The van der Waals surface area contributed by atoms with Gasteiger partial charge in [0.05, 0.1) is 0 Å². The summed E-state index contributed by atoms with van der Waals surface area (Å²) in [5, 5.41) is 0. The largest absolute Gasteiger partial charge is 0.243 e. The van der Waals surface area contributed by atoms with Crippen LogP contribution in [0.25, 0.3) is 0 Å². The molecule has 0 spiro atoms. The van der Waals surface area contributed by atoms with Crippen LogP contribution in [0.15, 0.2) is 12.7 Å². The molecule has 0 saturated heterocycles. The van der Waals surface area contributed by atoms with Crippen LogP contribution in [0, 0.1) is 0 Å². The smallest absolute Gasteiger partial charge is 0.103 e. The second-order valence-electron chi connectivity index (χ2n) is 1.40. The molecule has 0 atom stereocenters. The Morgan fingerprint density at radius 2 is 2.09 bits per heavy atom. The lowest BCUT2D eigenvalue weighted by Crippen LogP contribution is -1.97. The van der Waals surface area contributed by atoms with Crippen molar-refractivity contribution in [3.8, 4) is 0 Å². The molecule has 0 N–H and O–H groups in total. The van der Waals surface area contributed by atoms with Crippen LogP contribution < -0.4 is 0 Å². The van der Waals surface area contributed by atoms with Crippen LogP contribution in [0.4, 0.5) is 0 Å². The van der Waals surface area contributed by atoms with Crippen LogP contribution in [0.3, 0.4) is 0 Å². The van der Waals surface area contributed by atoms with Crippen molar-refractivity contribution in [2.75, 3.05) is 5.75 Å². The molecular formula is C5H5Cl3S3.